The van der Waals surface area contributed by atoms with E-state index in [1.165, 1.54) is 18.2 Å². The number of aromatic hydroxyl groups is 1. The van der Waals surface area contributed by atoms with Crippen LogP contribution in [0.1, 0.15) is 36.0 Å². The summed E-state index contributed by atoms with van der Waals surface area (Å²) in [6.07, 6.45) is 4.05. The smallest absolute Gasteiger partial charge is 0.310 e. The van der Waals surface area contributed by atoms with Gasteiger partial charge in [0.25, 0.3) is 5.91 Å². The van der Waals surface area contributed by atoms with E-state index in [2.05, 4.69) is 0 Å². The van der Waals surface area contributed by atoms with Crippen molar-refractivity contribution in [1.29, 1.82) is 0 Å². The van der Waals surface area contributed by atoms with Crippen LogP contribution in [-0.2, 0) is 4.74 Å². The lowest BCUT2D eigenvalue weighted by atomic mass is 9.75. The summed E-state index contributed by atoms with van der Waals surface area (Å²) in [6.45, 7) is 2.77. The normalized spacial score (nSPS) is 24.6. The fourth-order valence-electron chi connectivity index (χ4n) is 3.61. The van der Waals surface area contributed by atoms with Gasteiger partial charge in [-0.1, -0.05) is 0 Å². The molecule has 0 aliphatic carbocycles. The van der Waals surface area contributed by atoms with Gasteiger partial charge in [-0.15, -0.1) is 0 Å². The molecule has 0 bridgehead atoms. The first kappa shape index (κ1) is 15.7. The second kappa shape index (κ2) is 6.16. The molecule has 1 aromatic rings. The Morgan fingerprint density at radius 3 is 2.78 bits per heavy atom. The van der Waals surface area contributed by atoms with E-state index in [-0.39, 0.29) is 16.9 Å². The zero-order valence-corrected chi connectivity index (χ0v) is 12.9. The van der Waals surface area contributed by atoms with Crippen molar-refractivity contribution in [3.63, 3.8) is 0 Å². The minimum absolute atomic E-state index is 0.0367. The van der Waals surface area contributed by atoms with Gasteiger partial charge in [0.05, 0.1) is 11.5 Å². The Kier molecular flexibility index (Phi) is 4.21. The molecule has 0 saturated carbocycles. The van der Waals surface area contributed by atoms with E-state index in [1.54, 1.807) is 4.90 Å². The molecule has 2 heterocycles. The standard InChI is InChI=1S/C16H20N2O5/c19-14-9-12(3-4-13(14)18(21)22)15(20)17-7-1-5-16(10-17)6-2-8-23-11-16/h3-4,9,19H,1-2,5-8,10-11H2/t16-/m1/s1. The van der Waals surface area contributed by atoms with Crippen molar-refractivity contribution in [3.8, 4) is 5.75 Å². The van der Waals surface area contributed by atoms with E-state index in [0.717, 1.165) is 32.3 Å². The number of amides is 1. The third kappa shape index (κ3) is 3.14. The lowest BCUT2D eigenvalue weighted by molar-refractivity contribution is -0.385. The van der Waals surface area contributed by atoms with Crippen LogP contribution in [0, 0.1) is 15.5 Å². The topological polar surface area (TPSA) is 92.9 Å². The first-order valence-corrected chi connectivity index (χ1v) is 7.85. The van der Waals surface area contributed by atoms with E-state index in [0.29, 0.717) is 19.7 Å². The van der Waals surface area contributed by atoms with Crippen molar-refractivity contribution >= 4 is 11.6 Å². The van der Waals surface area contributed by atoms with E-state index in [9.17, 15) is 20.0 Å². The molecule has 2 saturated heterocycles. The van der Waals surface area contributed by atoms with Crippen LogP contribution in [0.4, 0.5) is 5.69 Å². The molecule has 0 radical (unpaired) electrons. The molecular weight excluding hydrogens is 300 g/mol. The summed E-state index contributed by atoms with van der Waals surface area (Å²) in [7, 11) is 0. The minimum atomic E-state index is -0.668. The summed E-state index contributed by atoms with van der Waals surface area (Å²) in [5.41, 5.74) is -0.0751. The summed E-state index contributed by atoms with van der Waals surface area (Å²) in [6, 6.07) is 3.75. The highest BCUT2D eigenvalue weighted by molar-refractivity contribution is 5.95. The van der Waals surface area contributed by atoms with Gasteiger partial charge in [0.2, 0.25) is 0 Å². The first-order chi connectivity index (χ1) is 11.0. The van der Waals surface area contributed by atoms with Gasteiger partial charge in [-0.05, 0) is 37.8 Å². The first-order valence-electron chi connectivity index (χ1n) is 7.85. The number of benzene rings is 1. The second-order valence-corrected chi connectivity index (χ2v) is 6.45. The van der Waals surface area contributed by atoms with Crippen molar-refractivity contribution in [2.45, 2.75) is 25.7 Å². The number of hydrogen-bond acceptors (Lipinski definition) is 5. The van der Waals surface area contributed by atoms with Gasteiger partial charge in [0.15, 0.2) is 5.75 Å². The number of ether oxygens (including phenoxy) is 1. The number of nitro benzene ring substituents is 1. The molecule has 2 fully saturated rings. The monoisotopic (exact) mass is 320 g/mol. The van der Waals surface area contributed by atoms with Gasteiger partial charge < -0.3 is 14.7 Å². The number of piperidine rings is 1. The third-order valence-electron chi connectivity index (χ3n) is 4.77. The van der Waals surface area contributed by atoms with Gasteiger partial charge in [0, 0.05) is 36.7 Å². The summed E-state index contributed by atoms with van der Waals surface area (Å²) >= 11 is 0. The number of phenols is 1. The van der Waals surface area contributed by atoms with Crippen LogP contribution in [0.5, 0.6) is 5.75 Å². The number of carbonyl (C=O) groups is 1. The van der Waals surface area contributed by atoms with Gasteiger partial charge in [-0.2, -0.15) is 0 Å². The number of rotatable bonds is 2. The van der Waals surface area contributed by atoms with Crippen LogP contribution < -0.4 is 0 Å². The Morgan fingerprint density at radius 1 is 1.35 bits per heavy atom. The molecule has 1 atom stereocenters. The number of hydrogen-bond donors (Lipinski definition) is 1. The van der Waals surface area contributed by atoms with E-state index < -0.39 is 16.4 Å². The van der Waals surface area contributed by atoms with Crippen LogP contribution in [-0.4, -0.2) is 47.1 Å². The van der Waals surface area contributed by atoms with Crippen molar-refractivity contribution in [3.05, 3.63) is 33.9 Å². The maximum atomic E-state index is 12.7. The number of nitro groups is 1. The molecular formula is C16H20N2O5. The third-order valence-corrected chi connectivity index (χ3v) is 4.77. The molecule has 23 heavy (non-hydrogen) atoms. The largest absolute Gasteiger partial charge is 0.502 e. The van der Waals surface area contributed by atoms with E-state index >= 15 is 0 Å². The quantitative estimate of drug-likeness (QED) is 0.667. The Morgan fingerprint density at radius 2 is 2.13 bits per heavy atom. The maximum absolute atomic E-state index is 12.7. The highest BCUT2D eigenvalue weighted by Crippen LogP contribution is 2.38. The molecule has 7 heteroatoms. The summed E-state index contributed by atoms with van der Waals surface area (Å²) in [4.78, 5) is 24.5. The zero-order chi connectivity index (χ0) is 16.4. The Labute approximate surface area is 134 Å². The lowest BCUT2D eigenvalue weighted by Gasteiger charge is -2.44. The molecule has 0 aromatic heterocycles. The average Bonchev–Trinajstić information content (AvgIpc) is 2.54. The predicted octanol–water partition coefficient (Wildman–Crippen LogP) is 2.33. The van der Waals surface area contributed by atoms with Gasteiger partial charge in [-0.25, -0.2) is 0 Å². The van der Waals surface area contributed by atoms with Crippen LogP contribution in [0.25, 0.3) is 0 Å². The highest BCUT2D eigenvalue weighted by Gasteiger charge is 2.39. The molecule has 1 spiro atoms. The molecule has 1 N–H and O–H groups in total. The highest BCUT2D eigenvalue weighted by atomic mass is 16.6. The second-order valence-electron chi connectivity index (χ2n) is 6.45. The van der Waals surface area contributed by atoms with Crippen LogP contribution in [0.3, 0.4) is 0 Å². The van der Waals surface area contributed by atoms with Crippen LogP contribution in [0.2, 0.25) is 0 Å². The van der Waals surface area contributed by atoms with Crippen molar-refractivity contribution in [2.24, 2.45) is 5.41 Å². The maximum Gasteiger partial charge on any atom is 0.310 e. The van der Waals surface area contributed by atoms with Crippen molar-refractivity contribution < 1.29 is 19.6 Å². The Bertz CT molecular complexity index is 619. The van der Waals surface area contributed by atoms with Gasteiger partial charge in [0.1, 0.15) is 0 Å². The summed E-state index contributed by atoms with van der Waals surface area (Å²) in [5.74, 6) is -0.673. The molecule has 2 aliphatic heterocycles. The van der Waals surface area contributed by atoms with Gasteiger partial charge >= 0.3 is 5.69 Å². The molecule has 124 valence electrons. The summed E-state index contributed by atoms with van der Waals surface area (Å²) < 4.78 is 5.60. The van der Waals surface area contributed by atoms with Crippen molar-refractivity contribution in [2.75, 3.05) is 26.3 Å². The zero-order valence-electron chi connectivity index (χ0n) is 12.9. The van der Waals surface area contributed by atoms with Crippen LogP contribution in [0.15, 0.2) is 18.2 Å². The summed E-state index contributed by atoms with van der Waals surface area (Å²) in [5, 5.41) is 20.5. The van der Waals surface area contributed by atoms with Crippen LogP contribution >= 0.6 is 0 Å². The molecule has 7 nitrogen and oxygen atoms in total. The van der Waals surface area contributed by atoms with Crippen molar-refractivity contribution in [1.82, 2.24) is 4.90 Å². The Hall–Kier alpha value is -2.15. The average molecular weight is 320 g/mol. The molecule has 1 amide bonds. The minimum Gasteiger partial charge on any atom is -0.502 e. The molecule has 3 rings (SSSR count). The van der Waals surface area contributed by atoms with E-state index in [4.69, 9.17) is 4.74 Å². The molecule has 1 aromatic carbocycles. The molecule has 2 aliphatic rings. The molecule has 0 unspecified atom stereocenters. The lowest BCUT2D eigenvalue weighted by Crippen LogP contribution is -2.49. The number of nitrogens with zero attached hydrogens (tertiary/aromatic N) is 2. The Balaban J connectivity index is 1.77. The number of likely N-dealkylation sites (tertiary alicyclic amines) is 1. The fraction of sp³-hybridized carbons (Fsp3) is 0.562. The number of phenolic OH excluding ortho intramolecular Hbond substituents is 1. The SMILES string of the molecule is O=C(c1ccc([N+](=O)[O-])c(O)c1)N1CCC[C@@]2(CCCOC2)C1. The number of carbonyl (C=O) groups excluding carboxylic acids is 1. The van der Waals surface area contributed by atoms with E-state index in [1.807, 2.05) is 0 Å². The fourth-order valence-corrected chi connectivity index (χ4v) is 3.61. The predicted molar refractivity (Wildman–Crippen MR) is 82.4 cm³/mol. The van der Waals surface area contributed by atoms with Gasteiger partial charge in [-0.3, -0.25) is 14.9 Å².